The lowest BCUT2D eigenvalue weighted by molar-refractivity contribution is 0.509. The minimum absolute atomic E-state index is 0.480. The van der Waals surface area contributed by atoms with Crippen molar-refractivity contribution in [1.29, 1.82) is 0 Å². The first-order valence-electron chi connectivity index (χ1n) is 5.94. The van der Waals surface area contributed by atoms with E-state index in [0.29, 0.717) is 28.1 Å². The molecule has 4 nitrogen and oxygen atoms in total. The summed E-state index contributed by atoms with van der Waals surface area (Å²) < 4.78 is 26.3. The molecule has 0 saturated carbocycles. The number of rotatable bonds is 2. The largest absolute Gasteiger partial charge is 0.371 e. The van der Waals surface area contributed by atoms with Gasteiger partial charge >= 0.3 is 0 Å². The van der Waals surface area contributed by atoms with Crippen molar-refractivity contribution in [3.8, 4) is 11.3 Å². The molecule has 0 atom stereocenters. The molecule has 1 N–H and O–H groups in total. The maximum absolute atomic E-state index is 13.3. The number of benzene rings is 1. The van der Waals surface area contributed by atoms with E-state index in [0.717, 1.165) is 12.1 Å². The molecule has 1 aromatic carbocycles. The average Bonchev–Trinajstić information content (AvgIpc) is 2.49. The summed E-state index contributed by atoms with van der Waals surface area (Å²) >= 11 is 0. The minimum atomic E-state index is -0.908. The van der Waals surface area contributed by atoms with Gasteiger partial charge in [-0.25, -0.2) is 18.7 Å². The van der Waals surface area contributed by atoms with Gasteiger partial charge < -0.3 is 5.32 Å². The molecule has 0 bridgehead atoms. The average molecular weight is 272 g/mol. The van der Waals surface area contributed by atoms with Gasteiger partial charge in [0, 0.05) is 25.0 Å². The molecular weight excluding hydrogens is 262 g/mol. The van der Waals surface area contributed by atoms with Crippen molar-refractivity contribution >= 4 is 16.9 Å². The highest BCUT2D eigenvalue weighted by Crippen LogP contribution is 2.26. The van der Waals surface area contributed by atoms with Crippen LogP contribution in [0, 0.1) is 11.6 Å². The fourth-order valence-electron chi connectivity index (χ4n) is 1.95. The lowest BCUT2D eigenvalue weighted by atomic mass is 10.1. The van der Waals surface area contributed by atoms with Crippen molar-refractivity contribution in [2.45, 2.75) is 0 Å². The van der Waals surface area contributed by atoms with Crippen LogP contribution >= 0.6 is 0 Å². The third-order valence-electron chi connectivity index (χ3n) is 2.91. The fraction of sp³-hybridized carbons (Fsp3) is 0.0714. The van der Waals surface area contributed by atoms with E-state index in [2.05, 4.69) is 20.3 Å². The Morgan fingerprint density at radius 1 is 1.00 bits per heavy atom. The molecular formula is C14H10F2N4. The maximum atomic E-state index is 13.3. The van der Waals surface area contributed by atoms with E-state index in [1.165, 1.54) is 6.07 Å². The highest BCUT2D eigenvalue weighted by atomic mass is 19.2. The van der Waals surface area contributed by atoms with Crippen LogP contribution in [0.15, 0.2) is 36.7 Å². The van der Waals surface area contributed by atoms with Crippen LogP contribution in [-0.4, -0.2) is 22.0 Å². The minimum Gasteiger partial charge on any atom is -0.371 e. The third kappa shape index (κ3) is 2.05. The quantitative estimate of drug-likeness (QED) is 0.779. The van der Waals surface area contributed by atoms with Crippen LogP contribution in [0.3, 0.4) is 0 Å². The van der Waals surface area contributed by atoms with Gasteiger partial charge in [-0.1, -0.05) is 0 Å². The van der Waals surface area contributed by atoms with Crippen molar-refractivity contribution in [3.05, 3.63) is 48.3 Å². The summed E-state index contributed by atoms with van der Waals surface area (Å²) in [5.41, 5.74) is 2.24. The van der Waals surface area contributed by atoms with Gasteiger partial charge in [-0.3, -0.25) is 4.98 Å². The topological polar surface area (TPSA) is 50.7 Å². The first-order chi connectivity index (χ1) is 9.69. The summed E-state index contributed by atoms with van der Waals surface area (Å²) in [6.07, 6.45) is 3.14. The Kier molecular flexibility index (Phi) is 2.98. The second-order valence-electron chi connectivity index (χ2n) is 4.16. The van der Waals surface area contributed by atoms with Gasteiger partial charge in [0.2, 0.25) is 0 Å². The number of pyridine rings is 1. The zero-order valence-corrected chi connectivity index (χ0v) is 10.6. The van der Waals surface area contributed by atoms with Gasteiger partial charge in [-0.15, -0.1) is 0 Å². The number of hydrogen-bond donors (Lipinski definition) is 1. The van der Waals surface area contributed by atoms with Gasteiger partial charge in [0.05, 0.1) is 11.2 Å². The van der Waals surface area contributed by atoms with Crippen molar-refractivity contribution in [2.24, 2.45) is 0 Å². The van der Waals surface area contributed by atoms with Crippen molar-refractivity contribution in [2.75, 3.05) is 12.4 Å². The molecule has 3 rings (SSSR count). The van der Waals surface area contributed by atoms with E-state index in [1.807, 2.05) is 0 Å². The Labute approximate surface area is 113 Å². The van der Waals surface area contributed by atoms with Crippen molar-refractivity contribution < 1.29 is 8.78 Å². The predicted octanol–water partition coefficient (Wildman–Crippen LogP) is 3.01. The molecule has 20 heavy (non-hydrogen) atoms. The number of halogens is 2. The second kappa shape index (κ2) is 4.80. The molecule has 0 radical (unpaired) electrons. The summed E-state index contributed by atoms with van der Waals surface area (Å²) in [6, 6.07) is 5.35. The molecule has 0 unspecified atom stereocenters. The molecule has 0 aliphatic rings. The number of hydrogen-bond acceptors (Lipinski definition) is 4. The Balaban J connectivity index is 2.23. The molecule has 2 heterocycles. The zero-order valence-electron chi connectivity index (χ0n) is 10.6. The molecule has 0 spiro atoms. The second-order valence-corrected chi connectivity index (χ2v) is 4.16. The molecule has 0 amide bonds. The smallest absolute Gasteiger partial charge is 0.159 e. The molecule has 3 aromatic rings. The van der Waals surface area contributed by atoms with E-state index in [4.69, 9.17) is 0 Å². The number of anilines is 1. The lowest BCUT2D eigenvalue weighted by Crippen LogP contribution is -1.98. The van der Waals surface area contributed by atoms with Crippen LogP contribution in [0.25, 0.3) is 22.3 Å². The lowest BCUT2D eigenvalue weighted by Gasteiger charge is -2.08. The van der Waals surface area contributed by atoms with E-state index in [1.54, 1.807) is 25.5 Å². The number of nitrogens with one attached hydrogen (secondary N) is 1. The van der Waals surface area contributed by atoms with E-state index in [-0.39, 0.29) is 0 Å². The van der Waals surface area contributed by atoms with Gasteiger partial charge in [0.1, 0.15) is 5.52 Å². The van der Waals surface area contributed by atoms with E-state index >= 15 is 0 Å². The Bertz CT molecular complexity index is 789. The fourth-order valence-corrected chi connectivity index (χ4v) is 1.95. The summed E-state index contributed by atoms with van der Waals surface area (Å²) in [4.78, 5) is 12.8. The molecule has 100 valence electrons. The monoisotopic (exact) mass is 272 g/mol. The van der Waals surface area contributed by atoms with Gasteiger partial charge in [-0.2, -0.15) is 0 Å². The standard InChI is InChI=1S/C14H10F2N4/c1-17-14-13-12(18-4-5-19-13)7-11(20-14)8-2-3-9(15)10(16)6-8/h2-7H,1H3,(H,17,20). The van der Waals surface area contributed by atoms with Crippen molar-refractivity contribution in [1.82, 2.24) is 15.0 Å². The highest BCUT2D eigenvalue weighted by molar-refractivity contribution is 5.88. The molecule has 2 aromatic heterocycles. The first-order valence-corrected chi connectivity index (χ1v) is 5.94. The Morgan fingerprint density at radius 3 is 2.55 bits per heavy atom. The predicted molar refractivity (Wildman–Crippen MR) is 72.2 cm³/mol. The van der Waals surface area contributed by atoms with Gasteiger partial charge in [0.25, 0.3) is 0 Å². The summed E-state index contributed by atoms with van der Waals surface area (Å²) in [5, 5.41) is 2.92. The van der Waals surface area contributed by atoms with Crippen LogP contribution in [0.4, 0.5) is 14.6 Å². The third-order valence-corrected chi connectivity index (χ3v) is 2.91. The van der Waals surface area contributed by atoms with E-state index in [9.17, 15) is 8.78 Å². The van der Waals surface area contributed by atoms with Crippen LogP contribution in [0.5, 0.6) is 0 Å². The zero-order chi connectivity index (χ0) is 14.1. The summed E-state index contributed by atoms with van der Waals surface area (Å²) in [6.45, 7) is 0. The normalized spacial score (nSPS) is 10.8. The number of nitrogens with zero attached hydrogens (tertiary/aromatic N) is 3. The molecule has 0 aliphatic heterocycles. The summed E-state index contributed by atoms with van der Waals surface area (Å²) in [7, 11) is 1.71. The molecule has 6 heteroatoms. The number of fused-ring (bicyclic) bond motifs is 1. The Morgan fingerprint density at radius 2 is 1.80 bits per heavy atom. The first kappa shape index (κ1) is 12.4. The van der Waals surface area contributed by atoms with Gasteiger partial charge in [0.15, 0.2) is 17.5 Å². The van der Waals surface area contributed by atoms with Crippen LogP contribution in [0.1, 0.15) is 0 Å². The Hall–Kier alpha value is -2.63. The summed E-state index contributed by atoms with van der Waals surface area (Å²) in [5.74, 6) is -1.26. The van der Waals surface area contributed by atoms with Gasteiger partial charge in [-0.05, 0) is 24.3 Å². The van der Waals surface area contributed by atoms with Crippen LogP contribution in [0.2, 0.25) is 0 Å². The number of aromatic nitrogens is 3. The van der Waals surface area contributed by atoms with Crippen molar-refractivity contribution in [3.63, 3.8) is 0 Å². The van der Waals surface area contributed by atoms with Crippen LogP contribution in [-0.2, 0) is 0 Å². The highest BCUT2D eigenvalue weighted by Gasteiger charge is 2.10. The maximum Gasteiger partial charge on any atom is 0.159 e. The molecule has 0 saturated heterocycles. The van der Waals surface area contributed by atoms with E-state index < -0.39 is 11.6 Å². The van der Waals surface area contributed by atoms with Crippen LogP contribution < -0.4 is 5.32 Å². The SMILES string of the molecule is CNc1nc(-c2ccc(F)c(F)c2)cc2nccnc12. The molecule has 0 aliphatic carbocycles. The molecule has 0 fully saturated rings.